The number of halogens is 1. The number of nitrogens with zero attached hydrogens (tertiary/aromatic N) is 1. The quantitative estimate of drug-likeness (QED) is 0.814. The van der Waals surface area contributed by atoms with Crippen molar-refractivity contribution in [1.82, 2.24) is 9.62 Å². The van der Waals surface area contributed by atoms with Crippen molar-refractivity contribution in [2.45, 2.75) is 49.0 Å². The lowest BCUT2D eigenvalue weighted by Crippen LogP contribution is -2.49. The van der Waals surface area contributed by atoms with Crippen LogP contribution in [0.1, 0.15) is 42.7 Å². The Hall–Kier alpha value is -2.25. The highest BCUT2D eigenvalue weighted by Gasteiger charge is 2.30. The summed E-state index contributed by atoms with van der Waals surface area (Å²) in [5.74, 6) is -0.283. The van der Waals surface area contributed by atoms with Gasteiger partial charge in [-0.25, -0.2) is 17.5 Å². The minimum Gasteiger partial charge on any atom is -0.341 e. The molecule has 1 aliphatic heterocycles. The van der Waals surface area contributed by atoms with Crippen molar-refractivity contribution in [2.24, 2.45) is 0 Å². The molecule has 2 atom stereocenters. The van der Waals surface area contributed by atoms with Gasteiger partial charge >= 0.3 is 0 Å². The number of benzene rings is 2. The lowest BCUT2D eigenvalue weighted by molar-refractivity contribution is -0.132. The number of hydrogen-bond acceptors (Lipinski definition) is 3. The zero-order valence-corrected chi connectivity index (χ0v) is 17.0. The predicted octanol–water partition coefficient (Wildman–Crippen LogP) is 3.22. The average molecular weight is 417 g/mol. The number of aryl methyl sites for hydroxylation is 1. The number of carbonyl (C=O) groups is 1. The van der Waals surface area contributed by atoms with Crippen LogP contribution in [0.4, 0.5) is 4.39 Å². The highest BCUT2D eigenvalue weighted by molar-refractivity contribution is 7.89. The zero-order valence-electron chi connectivity index (χ0n) is 16.2. The van der Waals surface area contributed by atoms with E-state index in [-0.39, 0.29) is 22.8 Å². The van der Waals surface area contributed by atoms with Crippen LogP contribution in [0.5, 0.6) is 0 Å². The molecule has 1 amide bonds. The maximum Gasteiger partial charge on any atom is 0.240 e. The van der Waals surface area contributed by atoms with Gasteiger partial charge in [0.15, 0.2) is 0 Å². The van der Waals surface area contributed by atoms with Crippen LogP contribution in [0.25, 0.3) is 0 Å². The summed E-state index contributed by atoms with van der Waals surface area (Å²) in [7, 11) is -3.82. The summed E-state index contributed by atoms with van der Waals surface area (Å²) in [6.45, 7) is 0.993. The lowest BCUT2D eigenvalue weighted by Gasteiger charge is -2.33. The van der Waals surface area contributed by atoms with Gasteiger partial charge in [0.05, 0.1) is 4.90 Å². The molecule has 1 heterocycles. The molecule has 0 saturated carbocycles. The Morgan fingerprint density at radius 1 is 1.14 bits per heavy atom. The van der Waals surface area contributed by atoms with E-state index in [9.17, 15) is 17.6 Å². The summed E-state index contributed by atoms with van der Waals surface area (Å²) in [5.41, 5.74) is 2.59. The molecule has 154 valence electrons. The van der Waals surface area contributed by atoms with Gasteiger partial charge in [-0.05, 0) is 60.9 Å². The summed E-state index contributed by atoms with van der Waals surface area (Å²) in [5, 5.41) is 0. The normalized spacial score (nSPS) is 21.8. The molecule has 0 radical (unpaired) electrons. The first kappa shape index (κ1) is 20.0. The van der Waals surface area contributed by atoms with E-state index in [2.05, 4.69) is 16.9 Å². The third-order valence-electron chi connectivity index (χ3n) is 5.88. The monoisotopic (exact) mass is 416 g/mol. The Balaban J connectivity index is 1.39. The van der Waals surface area contributed by atoms with Crippen molar-refractivity contribution >= 4 is 15.9 Å². The first-order valence-electron chi connectivity index (χ1n) is 10.1. The molecule has 1 fully saturated rings. The van der Waals surface area contributed by atoms with Crippen molar-refractivity contribution in [1.29, 1.82) is 0 Å². The Morgan fingerprint density at radius 2 is 1.97 bits per heavy atom. The zero-order chi connectivity index (χ0) is 20.4. The van der Waals surface area contributed by atoms with Crippen LogP contribution in [0.2, 0.25) is 0 Å². The van der Waals surface area contributed by atoms with E-state index in [1.54, 1.807) is 4.90 Å². The molecule has 29 heavy (non-hydrogen) atoms. The van der Waals surface area contributed by atoms with E-state index in [0.717, 1.165) is 25.3 Å². The smallest absolute Gasteiger partial charge is 0.240 e. The number of rotatable bonds is 5. The van der Waals surface area contributed by atoms with Crippen molar-refractivity contribution in [2.75, 3.05) is 13.1 Å². The van der Waals surface area contributed by atoms with Gasteiger partial charge in [-0.1, -0.05) is 30.3 Å². The van der Waals surface area contributed by atoms with Gasteiger partial charge in [-0.3, -0.25) is 4.79 Å². The average Bonchev–Trinajstić information content (AvgIpc) is 3.11. The van der Waals surface area contributed by atoms with E-state index in [4.69, 9.17) is 0 Å². The van der Waals surface area contributed by atoms with E-state index in [0.29, 0.717) is 25.9 Å². The maximum absolute atomic E-state index is 13.4. The lowest BCUT2D eigenvalue weighted by atomic mass is 9.96. The number of likely N-dealkylation sites (tertiary alicyclic amines) is 1. The van der Waals surface area contributed by atoms with Gasteiger partial charge in [0, 0.05) is 25.6 Å². The molecule has 0 bridgehead atoms. The molecule has 5 nitrogen and oxygen atoms in total. The highest BCUT2D eigenvalue weighted by Crippen LogP contribution is 2.35. The molecule has 2 unspecified atom stereocenters. The Kier molecular flexibility index (Phi) is 5.69. The fourth-order valence-corrected chi connectivity index (χ4v) is 5.71. The fourth-order valence-electron chi connectivity index (χ4n) is 4.42. The number of carbonyl (C=O) groups excluding carboxylic acids is 1. The highest BCUT2D eigenvalue weighted by atomic mass is 32.2. The first-order chi connectivity index (χ1) is 13.9. The number of sulfonamides is 1. The van der Waals surface area contributed by atoms with Crippen molar-refractivity contribution in [3.63, 3.8) is 0 Å². The van der Waals surface area contributed by atoms with E-state index in [1.807, 2.05) is 12.1 Å². The predicted molar refractivity (Wildman–Crippen MR) is 108 cm³/mol. The molecule has 0 spiro atoms. The SMILES string of the molecule is O=C(CC1CCc2ccccc21)N1CCCC(NS(=O)(=O)c2cccc(F)c2)C1. The summed E-state index contributed by atoms with van der Waals surface area (Å²) in [4.78, 5) is 14.6. The van der Waals surface area contributed by atoms with Gasteiger partial charge in [-0.15, -0.1) is 0 Å². The summed E-state index contributed by atoms with van der Waals surface area (Å²) in [6.07, 6.45) is 3.84. The Labute approximate surface area is 171 Å². The second kappa shape index (κ2) is 8.24. The molecule has 7 heteroatoms. The van der Waals surface area contributed by atoms with Crippen LogP contribution < -0.4 is 4.72 Å². The Bertz CT molecular complexity index is 1010. The molecule has 2 aromatic rings. The minimum absolute atomic E-state index is 0.0707. The maximum atomic E-state index is 13.4. The van der Waals surface area contributed by atoms with Crippen LogP contribution in [0.15, 0.2) is 53.4 Å². The van der Waals surface area contributed by atoms with Crippen LogP contribution >= 0.6 is 0 Å². The molecule has 4 rings (SSSR count). The van der Waals surface area contributed by atoms with Gasteiger partial charge in [0.1, 0.15) is 5.82 Å². The topological polar surface area (TPSA) is 66.5 Å². The molecule has 2 aromatic carbocycles. The molecular formula is C22H25FN2O3S. The molecule has 1 N–H and O–H groups in total. The minimum atomic E-state index is -3.82. The second-order valence-electron chi connectivity index (χ2n) is 7.90. The number of hydrogen-bond donors (Lipinski definition) is 1. The van der Waals surface area contributed by atoms with Crippen molar-refractivity contribution < 1.29 is 17.6 Å². The van der Waals surface area contributed by atoms with Gasteiger partial charge in [0.2, 0.25) is 15.9 Å². The van der Waals surface area contributed by atoms with Crippen LogP contribution in [0, 0.1) is 5.82 Å². The number of fused-ring (bicyclic) bond motifs is 1. The summed E-state index contributed by atoms with van der Waals surface area (Å²) in [6, 6.07) is 12.9. The Morgan fingerprint density at radius 3 is 2.79 bits per heavy atom. The number of amides is 1. The fraction of sp³-hybridized carbons (Fsp3) is 0.409. The third kappa shape index (κ3) is 4.51. The molecular weight excluding hydrogens is 391 g/mol. The molecule has 0 aromatic heterocycles. The standard InChI is InChI=1S/C22H25FN2O3S/c23-18-6-3-8-20(14-18)29(27,28)24-19-7-4-12-25(15-19)22(26)13-17-11-10-16-5-1-2-9-21(16)17/h1-3,5-6,8-9,14,17,19,24H,4,7,10-13,15H2. The molecule has 2 aliphatic rings. The van der Waals surface area contributed by atoms with Crippen LogP contribution in [-0.2, 0) is 21.2 Å². The van der Waals surface area contributed by atoms with Gasteiger partial charge in [0.25, 0.3) is 0 Å². The van der Waals surface area contributed by atoms with E-state index in [1.165, 1.54) is 29.3 Å². The van der Waals surface area contributed by atoms with E-state index >= 15 is 0 Å². The van der Waals surface area contributed by atoms with Gasteiger partial charge in [-0.2, -0.15) is 0 Å². The van der Waals surface area contributed by atoms with Crippen molar-refractivity contribution in [3.05, 3.63) is 65.5 Å². The van der Waals surface area contributed by atoms with E-state index < -0.39 is 15.8 Å². The summed E-state index contributed by atoms with van der Waals surface area (Å²) < 4.78 is 41.2. The second-order valence-corrected chi connectivity index (χ2v) is 9.61. The van der Waals surface area contributed by atoms with Crippen LogP contribution in [-0.4, -0.2) is 38.4 Å². The largest absolute Gasteiger partial charge is 0.341 e. The van der Waals surface area contributed by atoms with Gasteiger partial charge < -0.3 is 4.90 Å². The van der Waals surface area contributed by atoms with Crippen molar-refractivity contribution in [3.8, 4) is 0 Å². The molecule has 1 aliphatic carbocycles. The van der Waals surface area contributed by atoms with Crippen LogP contribution in [0.3, 0.4) is 0 Å². The first-order valence-corrected chi connectivity index (χ1v) is 11.5. The molecule has 1 saturated heterocycles. The summed E-state index contributed by atoms with van der Waals surface area (Å²) >= 11 is 0. The third-order valence-corrected chi connectivity index (χ3v) is 7.40. The number of nitrogens with one attached hydrogen (secondary N) is 1. The number of piperidine rings is 1.